The molecule has 120 valence electrons. The van der Waals surface area contributed by atoms with Gasteiger partial charge in [-0.15, -0.1) is 12.4 Å². The fourth-order valence-electron chi connectivity index (χ4n) is 1.93. The van der Waals surface area contributed by atoms with Crippen LogP contribution in [-0.2, 0) is 0 Å². The lowest BCUT2D eigenvalue weighted by molar-refractivity contribution is 0.0942. The van der Waals surface area contributed by atoms with Gasteiger partial charge in [0.05, 0.1) is 0 Å². The fraction of sp³-hybridized carbons (Fsp3) is 0.400. The summed E-state index contributed by atoms with van der Waals surface area (Å²) in [4.78, 5) is 16.1. The molecule has 1 aromatic carbocycles. The normalized spacial score (nSPS) is 10.9. The van der Waals surface area contributed by atoms with Crippen LogP contribution in [0.5, 0.6) is 0 Å². The van der Waals surface area contributed by atoms with Gasteiger partial charge < -0.3 is 15.6 Å². The Morgan fingerprint density at radius 3 is 2.41 bits per heavy atom. The Kier molecular flexibility index (Phi) is 6.52. The highest BCUT2D eigenvalue weighted by atomic mass is 35.5. The van der Waals surface area contributed by atoms with Crippen LogP contribution in [0.3, 0.4) is 0 Å². The molecule has 0 aliphatic heterocycles. The Balaban J connectivity index is 0.00000242. The summed E-state index contributed by atoms with van der Waals surface area (Å²) in [6.45, 7) is 4.51. The van der Waals surface area contributed by atoms with Crippen molar-refractivity contribution in [1.29, 1.82) is 0 Å². The number of nitrogens with two attached hydrogens (primary N) is 1. The lowest BCUT2D eigenvalue weighted by Crippen LogP contribution is -2.49. The molecule has 1 heterocycles. The summed E-state index contributed by atoms with van der Waals surface area (Å²) in [7, 11) is 0. The van der Waals surface area contributed by atoms with Gasteiger partial charge in [0.15, 0.2) is 0 Å². The van der Waals surface area contributed by atoms with Gasteiger partial charge in [-0.3, -0.25) is 4.79 Å². The highest BCUT2D eigenvalue weighted by molar-refractivity contribution is 5.94. The van der Waals surface area contributed by atoms with E-state index in [1.807, 2.05) is 13.8 Å². The number of hydrogen-bond acceptors (Lipinski definition) is 5. The zero-order valence-electron chi connectivity index (χ0n) is 12.7. The van der Waals surface area contributed by atoms with E-state index in [4.69, 9.17) is 10.3 Å². The molecule has 2 aromatic rings. The maximum absolute atomic E-state index is 12.1. The van der Waals surface area contributed by atoms with Crippen molar-refractivity contribution in [3.05, 3.63) is 36.2 Å². The minimum Gasteiger partial charge on any atom is -0.350 e. The van der Waals surface area contributed by atoms with Crippen molar-refractivity contribution in [3.63, 3.8) is 0 Å². The van der Waals surface area contributed by atoms with E-state index in [-0.39, 0.29) is 23.9 Å². The number of hydrogen-bond donors (Lipinski definition) is 2. The monoisotopic (exact) mass is 324 g/mol. The van der Waals surface area contributed by atoms with Gasteiger partial charge in [0, 0.05) is 23.2 Å². The van der Waals surface area contributed by atoms with E-state index in [0.717, 1.165) is 18.4 Å². The number of carbonyl (C=O) groups excluding carboxylic acids is 1. The van der Waals surface area contributed by atoms with E-state index in [1.54, 1.807) is 24.3 Å². The first-order valence-corrected chi connectivity index (χ1v) is 7.02. The highest BCUT2D eigenvalue weighted by Gasteiger charge is 2.21. The first-order valence-electron chi connectivity index (χ1n) is 7.02. The third kappa shape index (κ3) is 4.29. The van der Waals surface area contributed by atoms with Crippen LogP contribution in [-0.4, -0.2) is 28.1 Å². The van der Waals surface area contributed by atoms with Crippen LogP contribution < -0.4 is 11.1 Å². The van der Waals surface area contributed by atoms with E-state index >= 15 is 0 Å². The predicted octanol–water partition coefficient (Wildman–Crippen LogP) is 2.41. The van der Waals surface area contributed by atoms with E-state index in [2.05, 4.69) is 15.5 Å². The predicted molar refractivity (Wildman–Crippen MR) is 86.8 cm³/mol. The van der Waals surface area contributed by atoms with Crippen molar-refractivity contribution in [3.8, 4) is 11.4 Å². The molecule has 0 bridgehead atoms. The second-order valence-electron chi connectivity index (χ2n) is 5.08. The highest BCUT2D eigenvalue weighted by Crippen LogP contribution is 2.15. The van der Waals surface area contributed by atoms with Gasteiger partial charge in [-0.25, -0.2) is 0 Å². The molecule has 1 aromatic heterocycles. The molecule has 2 rings (SSSR count). The summed E-state index contributed by atoms with van der Waals surface area (Å²) < 4.78 is 4.69. The lowest BCUT2D eigenvalue weighted by Gasteiger charge is -2.26. The van der Waals surface area contributed by atoms with Crippen molar-refractivity contribution in [1.82, 2.24) is 15.5 Å². The minimum atomic E-state index is -0.347. The maximum atomic E-state index is 12.1. The number of benzene rings is 1. The third-order valence-corrected chi connectivity index (χ3v) is 3.78. The molecule has 0 saturated heterocycles. The van der Waals surface area contributed by atoms with Crippen molar-refractivity contribution in [2.24, 2.45) is 5.73 Å². The first-order chi connectivity index (χ1) is 10.1. The fourth-order valence-corrected chi connectivity index (χ4v) is 1.93. The van der Waals surface area contributed by atoms with Gasteiger partial charge in [-0.2, -0.15) is 4.98 Å². The molecule has 22 heavy (non-hydrogen) atoms. The van der Waals surface area contributed by atoms with Crippen molar-refractivity contribution < 1.29 is 9.32 Å². The number of carbonyl (C=O) groups is 1. The van der Waals surface area contributed by atoms with Crippen LogP contribution in [0.4, 0.5) is 0 Å². The van der Waals surface area contributed by atoms with E-state index < -0.39 is 0 Å². The maximum Gasteiger partial charge on any atom is 0.251 e. The molecular formula is C15H21ClN4O2. The lowest BCUT2D eigenvalue weighted by atomic mass is 9.94. The molecule has 0 aliphatic carbocycles. The van der Waals surface area contributed by atoms with Gasteiger partial charge in [-0.1, -0.05) is 31.1 Å². The average Bonchev–Trinajstić information content (AvgIpc) is 3.07. The van der Waals surface area contributed by atoms with Gasteiger partial charge >= 0.3 is 0 Å². The van der Waals surface area contributed by atoms with Crippen molar-refractivity contribution in [2.75, 3.05) is 6.54 Å². The largest absolute Gasteiger partial charge is 0.350 e. The summed E-state index contributed by atoms with van der Waals surface area (Å²) in [6.07, 6.45) is 2.91. The molecule has 3 N–H and O–H groups in total. The number of halogens is 1. The van der Waals surface area contributed by atoms with Crippen LogP contribution >= 0.6 is 12.4 Å². The topological polar surface area (TPSA) is 94.0 Å². The van der Waals surface area contributed by atoms with Crippen LogP contribution in [0.25, 0.3) is 11.4 Å². The average molecular weight is 325 g/mol. The van der Waals surface area contributed by atoms with Crippen LogP contribution in [0.1, 0.15) is 37.0 Å². The molecule has 7 heteroatoms. The molecule has 0 radical (unpaired) electrons. The number of aromatic nitrogens is 2. The van der Waals surface area contributed by atoms with E-state index in [9.17, 15) is 4.79 Å². The van der Waals surface area contributed by atoms with Crippen LogP contribution in [0.2, 0.25) is 0 Å². The second-order valence-corrected chi connectivity index (χ2v) is 5.08. The zero-order valence-corrected chi connectivity index (χ0v) is 13.5. The Bertz CT molecular complexity index is 580. The minimum absolute atomic E-state index is 0. The zero-order chi connectivity index (χ0) is 15.3. The molecule has 1 amide bonds. The van der Waals surface area contributed by atoms with Gasteiger partial charge in [0.25, 0.3) is 5.91 Å². The first kappa shape index (κ1) is 18.1. The molecule has 0 aliphatic rings. The van der Waals surface area contributed by atoms with Crippen LogP contribution in [0, 0.1) is 0 Å². The molecule has 6 nitrogen and oxygen atoms in total. The Hall–Kier alpha value is -1.92. The molecule has 0 atom stereocenters. The number of rotatable bonds is 6. The Morgan fingerprint density at radius 2 is 1.91 bits per heavy atom. The quantitative estimate of drug-likeness (QED) is 0.851. The SMILES string of the molecule is CCC(N)(CC)CNC(=O)c1ccc(-c2ncon2)cc1.Cl. The smallest absolute Gasteiger partial charge is 0.251 e. The summed E-state index contributed by atoms with van der Waals surface area (Å²) in [5.41, 5.74) is 7.20. The number of nitrogens with one attached hydrogen (secondary N) is 1. The second kappa shape index (κ2) is 7.91. The third-order valence-electron chi connectivity index (χ3n) is 3.78. The summed E-state index contributed by atoms with van der Waals surface area (Å²) in [6, 6.07) is 7.04. The van der Waals surface area contributed by atoms with Crippen molar-refractivity contribution >= 4 is 18.3 Å². The Labute approximate surface area is 135 Å². The van der Waals surface area contributed by atoms with E-state index in [0.29, 0.717) is 17.9 Å². The summed E-state index contributed by atoms with van der Waals surface area (Å²) >= 11 is 0. The van der Waals surface area contributed by atoms with Gasteiger partial charge in [0.1, 0.15) is 0 Å². The molecule has 0 fully saturated rings. The Morgan fingerprint density at radius 1 is 1.27 bits per heavy atom. The van der Waals surface area contributed by atoms with Gasteiger partial charge in [0.2, 0.25) is 12.2 Å². The summed E-state index contributed by atoms with van der Waals surface area (Å²) in [5, 5.41) is 6.63. The molecule has 0 saturated carbocycles. The number of nitrogens with zero attached hydrogens (tertiary/aromatic N) is 2. The molecular weight excluding hydrogens is 304 g/mol. The van der Waals surface area contributed by atoms with Crippen LogP contribution in [0.15, 0.2) is 35.2 Å². The standard InChI is InChI=1S/C15H20N4O2.ClH/c1-3-15(16,4-2)9-17-14(20)12-7-5-11(6-8-12)13-18-10-21-19-13;/h5-8,10H,3-4,9,16H2,1-2H3,(H,17,20);1H. The molecule has 0 unspecified atom stereocenters. The number of amides is 1. The van der Waals surface area contributed by atoms with Crippen molar-refractivity contribution in [2.45, 2.75) is 32.2 Å². The van der Waals surface area contributed by atoms with Gasteiger partial charge in [-0.05, 0) is 25.0 Å². The summed E-state index contributed by atoms with van der Waals surface area (Å²) in [5.74, 6) is 0.367. The molecule has 0 spiro atoms. The van der Waals surface area contributed by atoms with E-state index in [1.165, 1.54) is 6.39 Å².